The number of methoxy groups -OCH3 is 1. The summed E-state index contributed by atoms with van der Waals surface area (Å²) in [5.41, 5.74) is -0.146. The second-order valence-electron chi connectivity index (χ2n) is 6.40. The number of rotatable bonds is 5. The van der Waals surface area contributed by atoms with Crippen molar-refractivity contribution < 1.29 is 33.0 Å². The Morgan fingerprint density at radius 1 is 0.900 bits per heavy atom. The van der Waals surface area contributed by atoms with Crippen LogP contribution in [0.3, 0.4) is 0 Å². The standard InChI is InChI=1S/C22H18O8/c1-11(23)20-18(28-12(2)24)10-19-21(22(20)29-13(3)25)16(26)9-17(30-19)14-5-7-15(27-4)8-6-14/h5-10H,1-4H3. The zero-order valence-corrected chi connectivity index (χ0v) is 16.7. The van der Waals surface area contributed by atoms with Crippen LogP contribution in [0.5, 0.6) is 17.2 Å². The predicted octanol–water partition coefficient (Wildman–Crippen LogP) is 3.52. The van der Waals surface area contributed by atoms with E-state index in [9.17, 15) is 19.2 Å². The molecule has 0 saturated heterocycles. The van der Waals surface area contributed by atoms with E-state index in [-0.39, 0.29) is 33.8 Å². The molecule has 0 aliphatic carbocycles. The van der Waals surface area contributed by atoms with Crippen molar-refractivity contribution in [1.29, 1.82) is 0 Å². The zero-order chi connectivity index (χ0) is 22.0. The van der Waals surface area contributed by atoms with Crippen LogP contribution in [-0.2, 0) is 9.59 Å². The highest BCUT2D eigenvalue weighted by molar-refractivity contribution is 6.07. The molecule has 0 fully saturated rings. The van der Waals surface area contributed by atoms with Gasteiger partial charge in [-0.25, -0.2) is 0 Å². The molecule has 3 rings (SSSR count). The van der Waals surface area contributed by atoms with Crippen molar-refractivity contribution in [2.24, 2.45) is 0 Å². The Morgan fingerprint density at radius 2 is 1.53 bits per heavy atom. The van der Waals surface area contributed by atoms with Gasteiger partial charge in [-0.3, -0.25) is 19.2 Å². The lowest BCUT2D eigenvalue weighted by Crippen LogP contribution is -2.14. The lowest BCUT2D eigenvalue weighted by Gasteiger charge is -2.14. The highest BCUT2D eigenvalue weighted by atomic mass is 16.5. The van der Waals surface area contributed by atoms with Crippen LogP contribution in [0.2, 0.25) is 0 Å². The number of benzene rings is 2. The normalized spacial score (nSPS) is 10.5. The molecule has 1 heterocycles. The van der Waals surface area contributed by atoms with Gasteiger partial charge in [0.25, 0.3) is 0 Å². The molecule has 154 valence electrons. The van der Waals surface area contributed by atoms with E-state index in [0.29, 0.717) is 11.3 Å². The molecule has 0 atom stereocenters. The van der Waals surface area contributed by atoms with Gasteiger partial charge in [0.1, 0.15) is 33.8 Å². The summed E-state index contributed by atoms with van der Waals surface area (Å²) in [7, 11) is 1.53. The van der Waals surface area contributed by atoms with Crippen molar-refractivity contribution in [3.8, 4) is 28.6 Å². The second-order valence-corrected chi connectivity index (χ2v) is 6.40. The van der Waals surface area contributed by atoms with Crippen LogP contribution in [0.1, 0.15) is 31.1 Å². The van der Waals surface area contributed by atoms with Crippen molar-refractivity contribution in [2.45, 2.75) is 20.8 Å². The average Bonchev–Trinajstić information content (AvgIpc) is 2.66. The van der Waals surface area contributed by atoms with Crippen LogP contribution < -0.4 is 19.6 Å². The van der Waals surface area contributed by atoms with E-state index >= 15 is 0 Å². The van der Waals surface area contributed by atoms with Gasteiger partial charge >= 0.3 is 11.9 Å². The first-order valence-corrected chi connectivity index (χ1v) is 8.88. The molecule has 0 N–H and O–H groups in total. The summed E-state index contributed by atoms with van der Waals surface area (Å²) in [6, 6.07) is 9.29. The van der Waals surface area contributed by atoms with Crippen LogP contribution in [-0.4, -0.2) is 24.8 Å². The number of ether oxygens (including phenoxy) is 3. The summed E-state index contributed by atoms with van der Waals surface area (Å²) in [4.78, 5) is 48.3. The number of ketones is 1. The molecule has 0 spiro atoms. The number of Topliss-reactive ketones (excluding diaryl/α,β-unsaturated/α-hetero) is 1. The molecule has 8 heteroatoms. The Morgan fingerprint density at radius 3 is 2.07 bits per heavy atom. The SMILES string of the molecule is COc1ccc(-c2cc(=O)c3c(OC(C)=O)c(C(C)=O)c(OC(C)=O)cc3o2)cc1. The van der Waals surface area contributed by atoms with Crippen LogP contribution in [0.15, 0.2) is 45.6 Å². The maximum atomic E-state index is 12.9. The Balaban J connectivity index is 2.34. The van der Waals surface area contributed by atoms with Gasteiger partial charge in [-0.2, -0.15) is 0 Å². The predicted molar refractivity (Wildman–Crippen MR) is 107 cm³/mol. The molecule has 0 radical (unpaired) electrons. The molecule has 0 unspecified atom stereocenters. The molecule has 0 bridgehead atoms. The van der Waals surface area contributed by atoms with Gasteiger partial charge < -0.3 is 18.6 Å². The molecule has 2 aromatic carbocycles. The number of fused-ring (bicyclic) bond motifs is 1. The van der Waals surface area contributed by atoms with Crippen LogP contribution in [0.25, 0.3) is 22.3 Å². The van der Waals surface area contributed by atoms with Gasteiger partial charge in [0.15, 0.2) is 17.0 Å². The Bertz CT molecular complexity index is 1220. The highest BCUT2D eigenvalue weighted by Crippen LogP contribution is 2.38. The minimum Gasteiger partial charge on any atom is -0.497 e. The number of esters is 2. The maximum Gasteiger partial charge on any atom is 0.308 e. The smallest absolute Gasteiger partial charge is 0.308 e. The molecule has 0 aliphatic heterocycles. The van der Waals surface area contributed by atoms with E-state index in [2.05, 4.69) is 0 Å². The van der Waals surface area contributed by atoms with E-state index in [1.54, 1.807) is 24.3 Å². The Hall–Kier alpha value is -3.94. The lowest BCUT2D eigenvalue weighted by atomic mass is 10.0. The van der Waals surface area contributed by atoms with Crippen molar-refractivity contribution in [3.05, 3.63) is 52.2 Å². The second kappa shape index (κ2) is 8.20. The van der Waals surface area contributed by atoms with Crippen molar-refractivity contribution in [3.63, 3.8) is 0 Å². The van der Waals surface area contributed by atoms with Gasteiger partial charge in [-0.1, -0.05) is 0 Å². The number of hydrogen-bond acceptors (Lipinski definition) is 8. The molecular formula is C22H18O8. The molecule has 30 heavy (non-hydrogen) atoms. The first-order chi connectivity index (χ1) is 14.2. The van der Waals surface area contributed by atoms with Gasteiger partial charge in [-0.15, -0.1) is 0 Å². The molecule has 0 amide bonds. The third-order valence-corrected chi connectivity index (χ3v) is 4.16. The summed E-state index contributed by atoms with van der Waals surface area (Å²) in [5, 5.41) is -0.108. The molecular weight excluding hydrogens is 392 g/mol. The summed E-state index contributed by atoms with van der Waals surface area (Å²) >= 11 is 0. The first-order valence-electron chi connectivity index (χ1n) is 8.88. The zero-order valence-electron chi connectivity index (χ0n) is 16.7. The van der Waals surface area contributed by atoms with Crippen molar-refractivity contribution in [2.75, 3.05) is 7.11 Å². The molecule has 0 saturated carbocycles. The topological polar surface area (TPSA) is 109 Å². The average molecular weight is 410 g/mol. The van der Waals surface area contributed by atoms with Crippen molar-refractivity contribution in [1.82, 2.24) is 0 Å². The summed E-state index contributed by atoms with van der Waals surface area (Å²) in [5.74, 6) is -1.62. The fourth-order valence-corrected chi connectivity index (χ4v) is 2.98. The number of carbonyl (C=O) groups is 3. The van der Waals surface area contributed by atoms with E-state index in [1.807, 2.05) is 0 Å². The third kappa shape index (κ3) is 4.07. The van der Waals surface area contributed by atoms with Crippen LogP contribution in [0, 0.1) is 0 Å². The minimum absolute atomic E-state index is 0.00850. The monoisotopic (exact) mass is 410 g/mol. The Kier molecular flexibility index (Phi) is 5.68. The van der Waals surface area contributed by atoms with E-state index < -0.39 is 23.2 Å². The lowest BCUT2D eigenvalue weighted by molar-refractivity contribution is -0.132. The molecule has 3 aromatic rings. The van der Waals surface area contributed by atoms with Gasteiger partial charge in [0.2, 0.25) is 0 Å². The van der Waals surface area contributed by atoms with E-state index in [1.165, 1.54) is 26.2 Å². The summed E-state index contributed by atoms with van der Waals surface area (Å²) in [6.45, 7) is 3.49. The van der Waals surface area contributed by atoms with E-state index in [0.717, 1.165) is 13.8 Å². The van der Waals surface area contributed by atoms with Gasteiger partial charge in [0.05, 0.1) is 7.11 Å². The van der Waals surface area contributed by atoms with Crippen LogP contribution in [0.4, 0.5) is 0 Å². The quantitative estimate of drug-likeness (QED) is 0.357. The van der Waals surface area contributed by atoms with Crippen LogP contribution >= 0.6 is 0 Å². The molecule has 0 aliphatic rings. The summed E-state index contributed by atoms with van der Waals surface area (Å²) < 4.78 is 21.3. The molecule has 1 aromatic heterocycles. The largest absolute Gasteiger partial charge is 0.497 e. The highest BCUT2D eigenvalue weighted by Gasteiger charge is 2.25. The molecule has 8 nitrogen and oxygen atoms in total. The minimum atomic E-state index is -0.752. The maximum absolute atomic E-state index is 12.9. The Labute approximate surface area is 171 Å². The first kappa shape index (κ1) is 20.8. The van der Waals surface area contributed by atoms with E-state index in [4.69, 9.17) is 18.6 Å². The fourth-order valence-electron chi connectivity index (χ4n) is 2.98. The fraction of sp³-hybridized carbons (Fsp3) is 0.182. The number of carbonyl (C=O) groups excluding carboxylic acids is 3. The van der Waals surface area contributed by atoms with Crippen molar-refractivity contribution >= 4 is 28.7 Å². The summed E-state index contributed by atoms with van der Waals surface area (Å²) in [6.07, 6.45) is 0. The van der Waals surface area contributed by atoms with Gasteiger partial charge in [0, 0.05) is 31.5 Å². The third-order valence-electron chi connectivity index (χ3n) is 4.16. The number of hydrogen-bond donors (Lipinski definition) is 0. The van der Waals surface area contributed by atoms with Gasteiger partial charge in [-0.05, 0) is 31.2 Å².